The van der Waals surface area contributed by atoms with E-state index in [9.17, 15) is 14.4 Å². The number of amides is 3. The van der Waals surface area contributed by atoms with Crippen LogP contribution in [0, 0.1) is 5.92 Å². The molecule has 212 valence electrons. The summed E-state index contributed by atoms with van der Waals surface area (Å²) in [5, 5.41) is 6.00. The van der Waals surface area contributed by atoms with Crippen LogP contribution in [0.2, 0.25) is 0 Å². The normalized spacial score (nSPS) is 15.6. The van der Waals surface area contributed by atoms with Crippen LogP contribution in [0.3, 0.4) is 0 Å². The van der Waals surface area contributed by atoms with E-state index >= 15 is 0 Å². The van der Waals surface area contributed by atoms with Gasteiger partial charge in [0, 0.05) is 39.1 Å². The van der Waals surface area contributed by atoms with Crippen molar-refractivity contribution in [3.8, 4) is 11.5 Å². The monoisotopic (exact) mass is 532 g/mol. The average molecular weight is 533 g/mol. The molecule has 2 N–H and O–H groups in total. The van der Waals surface area contributed by atoms with Crippen molar-refractivity contribution in [2.45, 2.75) is 59.0 Å². The minimum Gasteiger partial charge on any atom is -0.493 e. The fourth-order valence-corrected chi connectivity index (χ4v) is 4.15. The second-order valence-electron chi connectivity index (χ2n) is 9.60. The molecule has 1 heterocycles. The highest BCUT2D eigenvalue weighted by Crippen LogP contribution is 2.29. The molecule has 1 fully saturated rings. The SMILES string of the molecule is CCOC(=O)N1CCN(C(=O)Oc2ccc(CNC(=O)CCCC/C=C/C(C)C)cc2OC)C(CNC)C1. The zero-order chi connectivity index (χ0) is 27.9. The van der Waals surface area contributed by atoms with Gasteiger partial charge in [-0.2, -0.15) is 0 Å². The lowest BCUT2D eigenvalue weighted by Gasteiger charge is -2.40. The zero-order valence-corrected chi connectivity index (χ0v) is 23.5. The molecule has 10 heteroatoms. The van der Waals surface area contributed by atoms with Crippen LogP contribution in [0.1, 0.15) is 52.0 Å². The number of methoxy groups -OCH3 is 1. The number of benzene rings is 1. The van der Waals surface area contributed by atoms with Gasteiger partial charge in [0.25, 0.3) is 0 Å². The number of unbranched alkanes of at least 4 members (excludes halogenated alkanes) is 2. The molecule has 2 rings (SSSR count). The second-order valence-corrected chi connectivity index (χ2v) is 9.60. The Morgan fingerprint density at radius 3 is 2.61 bits per heavy atom. The third kappa shape index (κ3) is 10.2. The van der Waals surface area contributed by atoms with Crippen LogP contribution in [0.25, 0.3) is 0 Å². The minimum atomic E-state index is -0.517. The molecular weight excluding hydrogens is 488 g/mol. The van der Waals surface area contributed by atoms with E-state index in [4.69, 9.17) is 14.2 Å². The number of nitrogens with zero attached hydrogens (tertiary/aromatic N) is 2. The Morgan fingerprint density at radius 1 is 1.13 bits per heavy atom. The molecule has 1 aromatic rings. The fraction of sp³-hybridized carbons (Fsp3) is 0.607. The molecule has 1 aliphatic heterocycles. The van der Waals surface area contributed by atoms with Crippen molar-refractivity contribution in [2.24, 2.45) is 5.92 Å². The van der Waals surface area contributed by atoms with Crippen molar-refractivity contribution in [2.75, 3.05) is 46.9 Å². The van der Waals surface area contributed by atoms with Crippen LogP contribution in [0.4, 0.5) is 9.59 Å². The van der Waals surface area contributed by atoms with E-state index < -0.39 is 6.09 Å². The highest BCUT2D eigenvalue weighted by atomic mass is 16.6. The maximum atomic E-state index is 13.0. The number of carbonyl (C=O) groups excluding carboxylic acids is 3. The van der Waals surface area contributed by atoms with Crippen LogP contribution in [0.15, 0.2) is 30.4 Å². The molecule has 0 spiro atoms. The molecule has 1 unspecified atom stereocenters. The molecule has 0 aromatic heterocycles. The Bertz CT molecular complexity index is 936. The third-order valence-electron chi connectivity index (χ3n) is 6.14. The van der Waals surface area contributed by atoms with Crippen LogP contribution in [-0.4, -0.2) is 80.9 Å². The molecule has 1 saturated heterocycles. The minimum absolute atomic E-state index is 0.00449. The van der Waals surface area contributed by atoms with Gasteiger partial charge in [0.2, 0.25) is 5.91 Å². The Hall–Kier alpha value is -3.27. The van der Waals surface area contributed by atoms with Gasteiger partial charge in [-0.05, 0) is 56.8 Å². The van der Waals surface area contributed by atoms with Crippen molar-refractivity contribution in [1.29, 1.82) is 0 Å². The molecule has 0 bridgehead atoms. The maximum absolute atomic E-state index is 13.0. The van der Waals surface area contributed by atoms with Gasteiger partial charge in [-0.1, -0.05) is 32.1 Å². The van der Waals surface area contributed by atoms with Crippen molar-refractivity contribution in [3.05, 3.63) is 35.9 Å². The molecule has 1 aromatic carbocycles. The summed E-state index contributed by atoms with van der Waals surface area (Å²) in [6.45, 7) is 8.24. The largest absolute Gasteiger partial charge is 0.493 e. The summed E-state index contributed by atoms with van der Waals surface area (Å²) in [4.78, 5) is 40.6. The molecule has 1 aliphatic rings. The van der Waals surface area contributed by atoms with E-state index in [1.165, 1.54) is 7.11 Å². The first kappa shape index (κ1) is 31.0. The van der Waals surface area contributed by atoms with Crippen LogP contribution < -0.4 is 20.1 Å². The molecule has 1 atom stereocenters. The molecular formula is C28H44N4O6. The molecule has 0 radical (unpaired) electrons. The van der Waals surface area contributed by atoms with Crippen LogP contribution in [0.5, 0.6) is 11.5 Å². The molecule has 0 saturated carbocycles. The van der Waals surface area contributed by atoms with Gasteiger partial charge in [-0.25, -0.2) is 9.59 Å². The number of ether oxygens (including phenoxy) is 3. The number of likely N-dealkylation sites (N-methyl/N-ethyl adjacent to an activating group) is 1. The van der Waals surface area contributed by atoms with E-state index in [-0.39, 0.29) is 23.8 Å². The Kier molecular flexibility index (Phi) is 13.5. The molecule has 0 aliphatic carbocycles. The van der Waals surface area contributed by atoms with Gasteiger partial charge in [0.15, 0.2) is 11.5 Å². The van der Waals surface area contributed by atoms with Crippen molar-refractivity contribution in [3.63, 3.8) is 0 Å². The Morgan fingerprint density at radius 2 is 1.92 bits per heavy atom. The Labute approximate surface area is 226 Å². The van der Waals surface area contributed by atoms with Crippen molar-refractivity contribution < 1.29 is 28.6 Å². The quantitative estimate of drug-likeness (QED) is 0.292. The van der Waals surface area contributed by atoms with Gasteiger partial charge in [0.05, 0.1) is 19.8 Å². The first-order valence-corrected chi connectivity index (χ1v) is 13.4. The van der Waals surface area contributed by atoms with Gasteiger partial charge in [-0.15, -0.1) is 0 Å². The number of rotatable bonds is 13. The summed E-state index contributed by atoms with van der Waals surface area (Å²) in [6, 6.07) is 4.95. The van der Waals surface area contributed by atoms with Crippen LogP contribution >= 0.6 is 0 Å². The predicted octanol–water partition coefficient (Wildman–Crippen LogP) is 3.94. The number of piperazine rings is 1. The summed E-state index contributed by atoms with van der Waals surface area (Å²) in [6.07, 6.45) is 6.75. The Balaban J connectivity index is 1.90. The smallest absolute Gasteiger partial charge is 0.415 e. The lowest BCUT2D eigenvalue weighted by molar-refractivity contribution is -0.121. The van der Waals surface area contributed by atoms with E-state index in [2.05, 4.69) is 36.6 Å². The number of carbonyl (C=O) groups is 3. The first-order valence-electron chi connectivity index (χ1n) is 13.4. The van der Waals surface area contributed by atoms with Gasteiger partial charge >= 0.3 is 12.2 Å². The summed E-state index contributed by atoms with van der Waals surface area (Å²) < 4.78 is 16.2. The summed E-state index contributed by atoms with van der Waals surface area (Å²) in [7, 11) is 3.30. The maximum Gasteiger partial charge on any atom is 0.415 e. The standard InChI is InChI=1S/C28H44N4O6/c1-6-37-27(34)31-15-16-32(23(20-31)19-29-4)28(35)38-24-14-13-22(17-25(24)36-5)18-30-26(33)12-10-8-7-9-11-21(2)3/h9,11,13-14,17,21,23,29H,6-8,10,12,15-16,18-20H2,1-5H3,(H,30,33)/b11-9+. The average Bonchev–Trinajstić information content (AvgIpc) is 2.90. The van der Waals surface area contributed by atoms with Gasteiger partial charge in [-0.3, -0.25) is 4.79 Å². The van der Waals surface area contributed by atoms with Crippen molar-refractivity contribution >= 4 is 18.1 Å². The molecule has 3 amide bonds. The molecule has 38 heavy (non-hydrogen) atoms. The van der Waals surface area contributed by atoms with Crippen molar-refractivity contribution in [1.82, 2.24) is 20.4 Å². The number of allylic oxidation sites excluding steroid dienone is 2. The predicted molar refractivity (Wildman–Crippen MR) is 146 cm³/mol. The highest BCUT2D eigenvalue weighted by molar-refractivity contribution is 5.76. The summed E-state index contributed by atoms with van der Waals surface area (Å²) >= 11 is 0. The third-order valence-corrected chi connectivity index (χ3v) is 6.14. The number of nitrogens with one attached hydrogen (secondary N) is 2. The molecule has 10 nitrogen and oxygen atoms in total. The number of hydrogen-bond acceptors (Lipinski definition) is 7. The lowest BCUT2D eigenvalue weighted by atomic mass is 10.1. The van der Waals surface area contributed by atoms with Crippen LogP contribution in [-0.2, 0) is 16.1 Å². The van der Waals surface area contributed by atoms with E-state index in [1.54, 1.807) is 42.0 Å². The van der Waals surface area contributed by atoms with E-state index in [0.29, 0.717) is 57.4 Å². The fourth-order valence-electron chi connectivity index (χ4n) is 4.15. The highest BCUT2D eigenvalue weighted by Gasteiger charge is 2.34. The topological polar surface area (TPSA) is 109 Å². The van der Waals surface area contributed by atoms with E-state index in [1.807, 2.05) is 0 Å². The summed E-state index contributed by atoms with van der Waals surface area (Å²) in [5.41, 5.74) is 0.839. The zero-order valence-electron chi connectivity index (χ0n) is 23.5. The summed E-state index contributed by atoms with van der Waals surface area (Å²) in [5.74, 6) is 1.24. The van der Waals surface area contributed by atoms with E-state index in [0.717, 1.165) is 24.8 Å². The lowest BCUT2D eigenvalue weighted by Crippen LogP contribution is -2.59. The second kappa shape index (κ2) is 16.5. The number of hydrogen-bond donors (Lipinski definition) is 2. The van der Waals surface area contributed by atoms with Gasteiger partial charge in [0.1, 0.15) is 0 Å². The van der Waals surface area contributed by atoms with Gasteiger partial charge < -0.3 is 34.6 Å². The first-order chi connectivity index (χ1) is 18.3.